The Kier molecular flexibility index (Phi) is 7.76. The van der Waals surface area contributed by atoms with Crippen molar-refractivity contribution in [3.63, 3.8) is 0 Å². The fraction of sp³-hybridized carbons (Fsp3) is 0.846. The average Bonchev–Trinajstić information content (AvgIpc) is 2.43. The highest BCUT2D eigenvalue weighted by molar-refractivity contribution is 7.98. The number of piperidine rings is 1. The standard InChI is InChI=1S/C13H25N3O3S/c1-14-8-10-4-3-6-16(9-10)13(19)15-11(12(17)18)5-7-20-2/h10-11,14H,3-9H2,1-2H3,(H,15,19)(H,17,18)/t10?,11-/m0/s1. The molecule has 0 aliphatic carbocycles. The molecule has 2 atom stereocenters. The first-order chi connectivity index (χ1) is 9.58. The summed E-state index contributed by atoms with van der Waals surface area (Å²) in [7, 11) is 1.90. The molecule has 3 N–H and O–H groups in total. The van der Waals surface area contributed by atoms with Gasteiger partial charge in [0.25, 0.3) is 0 Å². The lowest BCUT2D eigenvalue weighted by molar-refractivity contribution is -0.139. The van der Waals surface area contributed by atoms with Crippen LogP contribution in [-0.2, 0) is 4.79 Å². The van der Waals surface area contributed by atoms with Crippen LogP contribution in [0.25, 0.3) is 0 Å². The van der Waals surface area contributed by atoms with Crippen molar-refractivity contribution in [3.8, 4) is 0 Å². The number of carbonyl (C=O) groups is 2. The fourth-order valence-corrected chi connectivity index (χ4v) is 2.91. The number of hydrogen-bond donors (Lipinski definition) is 3. The second-order valence-corrected chi connectivity index (χ2v) is 6.12. The quantitative estimate of drug-likeness (QED) is 0.649. The van der Waals surface area contributed by atoms with Crippen molar-refractivity contribution >= 4 is 23.8 Å². The van der Waals surface area contributed by atoms with Gasteiger partial charge in [-0.15, -0.1) is 0 Å². The van der Waals surface area contributed by atoms with Crippen molar-refractivity contribution in [2.75, 3.05) is 38.7 Å². The summed E-state index contributed by atoms with van der Waals surface area (Å²) in [6, 6.07) is -1.04. The van der Waals surface area contributed by atoms with Gasteiger partial charge in [0.15, 0.2) is 0 Å². The minimum atomic E-state index is -0.962. The van der Waals surface area contributed by atoms with Gasteiger partial charge in [-0.3, -0.25) is 0 Å². The highest BCUT2D eigenvalue weighted by Crippen LogP contribution is 2.16. The number of hydrogen-bond acceptors (Lipinski definition) is 4. The van der Waals surface area contributed by atoms with Crippen molar-refractivity contribution in [2.24, 2.45) is 5.92 Å². The highest BCUT2D eigenvalue weighted by Gasteiger charge is 2.26. The Morgan fingerprint density at radius 3 is 2.85 bits per heavy atom. The van der Waals surface area contributed by atoms with E-state index in [1.54, 1.807) is 16.7 Å². The van der Waals surface area contributed by atoms with Gasteiger partial charge in [0, 0.05) is 13.1 Å². The molecule has 2 amide bonds. The monoisotopic (exact) mass is 303 g/mol. The molecule has 0 aromatic rings. The van der Waals surface area contributed by atoms with Crippen LogP contribution in [0, 0.1) is 5.92 Å². The molecule has 1 fully saturated rings. The lowest BCUT2D eigenvalue weighted by Crippen LogP contribution is -2.51. The highest BCUT2D eigenvalue weighted by atomic mass is 32.2. The summed E-state index contributed by atoms with van der Waals surface area (Å²) in [5, 5.41) is 14.9. The van der Waals surface area contributed by atoms with E-state index in [0.717, 1.165) is 25.1 Å². The molecule has 1 aliphatic rings. The summed E-state index contributed by atoms with van der Waals surface area (Å²) in [6.45, 7) is 2.29. The van der Waals surface area contributed by atoms with Gasteiger partial charge >= 0.3 is 12.0 Å². The molecule has 0 radical (unpaired) electrons. The Morgan fingerprint density at radius 2 is 2.25 bits per heavy atom. The molecule has 0 spiro atoms. The zero-order valence-electron chi connectivity index (χ0n) is 12.2. The van der Waals surface area contributed by atoms with Gasteiger partial charge in [-0.05, 0) is 50.8 Å². The van der Waals surface area contributed by atoms with Crippen LogP contribution in [0.1, 0.15) is 19.3 Å². The van der Waals surface area contributed by atoms with Crippen LogP contribution in [0.4, 0.5) is 4.79 Å². The number of carbonyl (C=O) groups excluding carboxylic acids is 1. The number of carboxylic acid groups (broad SMARTS) is 1. The number of nitrogens with zero attached hydrogens (tertiary/aromatic N) is 1. The number of carboxylic acids is 1. The lowest BCUT2D eigenvalue weighted by atomic mass is 9.98. The number of aliphatic carboxylic acids is 1. The molecular weight excluding hydrogens is 278 g/mol. The Balaban J connectivity index is 2.48. The fourth-order valence-electron chi connectivity index (χ4n) is 2.44. The minimum Gasteiger partial charge on any atom is -0.480 e. The zero-order valence-corrected chi connectivity index (χ0v) is 13.0. The third-order valence-corrected chi connectivity index (χ3v) is 4.15. The van der Waals surface area contributed by atoms with E-state index in [0.29, 0.717) is 25.4 Å². The molecule has 1 rings (SSSR count). The molecule has 1 aliphatic heterocycles. The van der Waals surface area contributed by atoms with Gasteiger partial charge < -0.3 is 20.6 Å². The Labute approximate surface area is 124 Å². The molecule has 0 aromatic carbocycles. The maximum Gasteiger partial charge on any atom is 0.326 e. The maximum absolute atomic E-state index is 12.2. The van der Waals surface area contributed by atoms with Crippen LogP contribution in [-0.4, -0.2) is 66.7 Å². The summed E-state index contributed by atoms with van der Waals surface area (Å²) < 4.78 is 0. The first-order valence-corrected chi connectivity index (χ1v) is 8.39. The van der Waals surface area contributed by atoms with Crippen LogP contribution in [0.5, 0.6) is 0 Å². The zero-order chi connectivity index (χ0) is 15.0. The smallest absolute Gasteiger partial charge is 0.326 e. The Hall–Kier alpha value is -0.950. The van der Waals surface area contributed by atoms with Crippen LogP contribution in [0.3, 0.4) is 0 Å². The molecule has 0 bridgehead atoms. The first-order valence-electron chi connectivity index (χ1n) is 7.00. The molecule has 1 saturated heterocycles. The van der Waals surface area contributed by atoms with Gasteiger partial charge in [-0.2, -0.15) is 11.8 Å². The minimum absolute atomic E-state index is 0.251. The van der Waals surface area contributed by atoms with E-state index >= 15 is 0 Å². The van der Waals surface area contributed by atoms with Gasteiger partial charge in [0.2, 0.25) is 0 Å². The summed E-state index contributed by atoms with van der Waals surface area (Å²) in [5.74, 6) is 0.213. The van der Waals surface area contributed by atoms with Gasteiger partial charge in [0.05, 0.1) is 0 Å². The topological polar surface area (TPSA) is 81.7 Å². The van der Waals surface area contributed by atoms with Crippen LogP contribution in [0.15, 0.2) is 0 Å². The van der Waals surface area contributed by atoms with Crippen molar-refractivity contribution in [3.05, 3.63) is 0 Å². The molecule has 1 heterocycles. The normalized spacial score (nSPS) is 20.5. The van der Waals surface area contributed by atoms with Crippen LogP contribution < -0.4 is 10.6 Å². The van der Waals surface area contributed by atoms with Gasteiger partial charge in [-0.1, -0.05) is 0 Å². The Bertz CT molecular complexity index is 326. The number of thioether (sulfide) groups is 1. The van der Waals surface area contributed by atoms with E-state index in [2.05, 4.69) is 10.6 Å². The summed E-state index contributed by atoms with van der Waals surface area (Å²) >= 11 is 1.58. The maximum atomic E-state index is 12.2. The van der Waals surface area contributed by atoms with E-state index in [9.17, 15) is 9.59 Å². The van der Waals surface area contributed by atoms with Crippen LogP contribution in [0.2, 0.25) is 0 Å². The van der Waals surface area contributed by atoms with Gasteiger partial charge in [0.1, 0.15) is 6.04 Å². The predicted octanol–water partition coefficient (Wildman–Crippen LogP) is 0.834. The molecule has 7 heteroatoms. The van der Waals surface area contributed by atoms with E-state index < -0.39 is 12.0 Å². The van der Waals surface area contributed by atoms with E-state index in [1.165, 1.54) is 0 Å². The van der Waals surface area contributed by atoms with Crippen molar-refractivity contribution in [1.82, 2.24) is 15.5 Å². The van der Waals surface area contributed by atoms with Crippen LogP contribution >= 0.6 is 11.8 Å². The molecule has 0 saturated carbocycles. The molecule has 0 aromatic heterocycles. The van der Waals surface area contributed by atoms with E-state index in [1.807, 2.05) is 13.3 Å². The summed E-state index contributed by atoms with van der Waals surface area (Å²) in [5.41, 5.74) is 0. The second-order valence-electron chi connectivity index (χ2n) is 5.13. The molecule has 116 valence electrons. The number of likely N-dealkylation sites (tertiary alicyclic amines) is 1. The SMILES string of the molecule is CNCC1CCCN(C(=O)N[C@@H](CCSC)C(=O)O)C1. The van der Waals surface area contributed by atoms with Crippen molar-refractivity contribution < 1.29 is 14.7 Å². The third kappa shape index (κ3) is 5.58. The van der Waals surface area contributed by atoms with Gasteiger partial charge in [-0.25, -0.2) is 9.59 Å². The molecule has 6 nitrogen and oxygen atoms in total. The average molecular weight is 303 g/mol. The number of urea groups is 1. The second kappa shape index (κ2) is 9.07. The summed E-state index contributed by atoms with van der Waals surface area (Å²) in [6.07, 6.45) is 4.46. The predicted molar refractivity (Wildman–Crippen MR) is 81.2 cm³/mol. The molecular formula is C13H25N3O3S. The van der Waals surface area contributed by atoms with E-state index in [4.69, 9.17) is 5.11 Å². The summed E-state index contributed by atoms with van der Waals surface area (Å²) in [4.78, 5) is 25.0. The number of rotatable bonds is 7. The molecule has 1 unspecified atom stereocenters. The largest absolute Gasteiger partial charge is 0.480 e. The third-order valence-electron chi connectivity index (χ3n) is 3.51. The van der Waals surface area contributed by atoms with Crippen molar-refractivity contribution in [1.29, 1.82) is 0 Å². The van der Waals surface area contributed by atoms with Crippen molar-refractivity contribution in [2.45, 2.75) is 25.3 Å². The number of amides is 2. The lowest BCUT2D eigenvalue weighted by Gasteiger charge is -2.33. The van der Waals surface area contributed by atoms with E-state index in [-0.39, 0.29) is 6.03 Å². The number of nitrogens with one attached hydrogen (secondary N) is 2. The first kappa shape index (κ1) is 17.1. The molecule has 20 heavy (non-hydrogen) atoms. The Morgan fingerprint density at radius 1 is 1.50 bits per heavy atom.